The average Bonchev–Trinajstić information content (AvgIpc) is 2.90. The molecule has 0 aliphatic carbocycles. The van der Waals surface area contributed by atoms with Crippen LogP contribution in [0.25, 0.3) is 10.1 Å². The van der Waals surface area contributed by atoms with Gasteiger partial charge in [0.05, 0.1) is 0 Å². The highest BCUT2D eigenvalue weighted by molar-refractivity contribution is 7.17. The number of likely N-dealkylation sites (N-methyl/N-ethyl adjacent to an activating group) is 1. The fourth-order valence-corrected chi connectivity index (χ4v) is 3.95. The van der Waals surface area contributed by atoms with Gasteiger partial charge in [0.1, 0.15) is 0 Å². The summed E-state index contributed by atoms with van der Waals surface area (Å²) in [6.45, 7) is 0.949. The van der Waals surface area contributed by atoms with E-state index in [0.717, 1.165) is 18.0 Å². The minimum absolute atomic E-state index is 0.437. The van der Waals surface area contributed by atoms with Gasteiger partial charge in [-0.3, -0.25) is 0 Å². The molecule has 0 saturated carbocycles. The molecule has 1 nitrogen and oxygen atoms in total. The van der Waals surface area contributed by atoms with E-state index in [1.807, 2.05) is 30.5 Å². The zero-order chi connectivity index (χ0) is 14.7. The molecule has 3 heteroatoms. The maximum absolute atomic E-state index is 6.15. The molecule has 2 aromatic carbocycles. The van der Waals surface area contributed by atoms with Crippen LogP contribution in [0, 0.1) is 0 Å². The Morgan fingerprint density at radius 3 is 2.81 bits per heavy atom. The summed E-state index contributed by atoms with van der Waals surface area (Å²) in [5.74, 6) is 0.437. The van der Waals surface area contributed by atoms with E-state index in [-0.39, 0.29) is 0 Å². The van der Waals surface area contributed by atoms with Crippen molar-refractivity contribution in [2.24, 2.45) is 0 Å². The van der Waals surface area contributed by atoms with E-state index < -0.39 is 0 Å². The van der Waals surface area contributed by atoms with E-state index in [2.05, 4.69) is 47.1 Å². The van der Waals surface area contributed by atoms with Gasteiger partial charge in [-0.25, -0.2) is 0 Å². The number of thiophene rings is 1. The van der Waals surface area contributed by atoms with Crippen LogP contribution in [0.4, 0.5) is 0 Å². The van der Waals surface area contributed by atoms with E-state index in [9.17, 15) is 0 Å². The van der Waals surface area contributed by atoms with Crippen molar-refractivity contribution in [3.63, 3.8) is 0 Å². The zero-order valence-corrected chi connectivity index (χ0v) is 13.5. The lowest BCUT2D eigenvalue weighted by Gasteiger charge is -2.17. The van der Waals surface area contributed by atoms with Gasteiger partial charge < -0.3 is 5.32 Å². The second kappa shape index (κ2) is 6.61. The monoisotopic (exact) mass is 315 g/mol. The molecule has 0 aliphatic rings. The van der Waals surface area contributed by atoms with E-state index in [1.54, 1.807) is 0 Å². The summed E-state index contributed by atoms with van der Waals surface area (Å²) < 4.78 is 1.36. The van der Waals surface area contributed by atoms with Crippen LogP contribution in [0.3, 0.4) is 0 Å². The molecule has 0 saturated heterocycles. The quantitative estimate of drug-likeness (QED) is 0.690. The van der Waals surface area contributed by atoms with Crippen LogP contribution >= 0.6 is 22.9 Å². The first-order valence-corrected chi connectivity index (χ1v) is 8.39. The summed E-state index contributed by atoms with van der Waals surface area (Å²) in [7, 11) is 2.00. The van der Waals surface area contributed by atoms with Gasteiger partial charge in [-0.1, -0.05) is 41.9 Å². The van der Waals surface area contributed by atoms with Crippen molar-refractivity contribution >= 4 is 33.0 Å². The summed E-state index contributed by atoms with van der Waals surface area (Å²) >= 11 is 7.97. The summed E-state index contributed by atoms with van der Waals surface area (Å²) in [5.41, 5.74) is 2.72. The predicted molar refractivity (Wildman–Crippen MR) is 93.6 cm³/mol. The number of nitrogens with one attached hydrogen (secondary N) is 1. The molecule has 1 aromatic heterocycles. The maximum atomic E-state index is 6.15. The van der Waals surface area contributed by atoms with Crippen LogP contribution in [0.2, 0.25) is 5.02 Å². The topological polar surface area (TPSA) is 12.0 Å². The highest BCUT2D eigenvalue weighted by Crippen LogP contribution is 2.30. The third-order valence-corrected chi connectivity index (χ3v) is 5.05. The first kappa shape index (κ1) is 14.6. The molecule has 0 spiro atoms. The maximum Gasteiger partial charge on any atom is 0.0408 e. The van der Waals surface area contributed by atoms with Gasteiger partial charge in [0.2, 0.25) is 0 Å². The summed E-state index contributed by atoms with van der Waals surface area (Å²) in [5, 5.41) is 7.79. The first-order chi connectivity index (χ1) is 10.3. The highest BCUT2D eigenvalue weighted by atomic mass is 35.5. The highest BCUT2D eigenvalue weighted by Gasteiger charge is 2.14. The van der Waals surface area contributed by atoms with Crippen molar-refractivity contribution in [1.29, 1.82) is 0 Å². The molecule has 21 heavy (non-hydrogen) atoms. The average molecular weight is 316 g/mol. The predicted octanol–water partition coefficient (Wildman–Crippen LogP) is 5.10. The Balaban J connectivity index is 1.92. The minimum atomic E-state index is 0.437. The number of halogens is 1. The molecule has 0 bridgehead atoms. The molecule has 1 N–H and O–H groups in total. The Kier molecular flexibility index (Phi) is 4.59. The Bertz CT molecular complexity index is 735. The molecular formula is C18H18ClNS. The van der Waals surface area contributed by atoms with Gasteiger partial charge in [0.25, 0.3) is 0 Å². The molecular weight excluding hydrogens is 298 g/mol. The molecule has 1 unspecified atom stereocenters. The van der Waals surface area contributed by atoms with Crippen molar-refractivity contribution in [3.05, 3.63) is 70.1 Å². The fraction of sp³-hybridized carbons (Fsp3) is 0.222. The molecule has 1 heterocycles. The van der Waals surface area contributed by atoms with Crippen molar-refractivity contribution in [1.82, 2.24) is 5.32 Å². The van der Waals surface area contributed by atoms with E-state index in [1.165, 1.54) is 21.2 Å². The first-order valence-electron chi connectivity index (χ1n) is 7.13. The number of hydrogen-bond donors (Lipinski definition) is 1. The number of rotatable bonds is 5. The number of fused-ring (bicyclic) bond motifs is 1. The van der Waals surface area contributed by atoms with Gasteiger partial charge in [-0.2, -0.15) is 0 Å². The lowest BCUT2D eigenvalue weighted by atomic mass is 9.92. The molecule has 3 rings (SSSR count). The lowest BCUT2D eigenvalue weighted by Crippen LogP contribution is -2.19. The molecule has 0 aliphatic heterocycles. The minimum Gasteiger partial charge on any atom is -0.319 e. The summed E-state index contributed by atoms with van der Waals surface area (Å²) in [6.07, 6.45) is 1.03. The third-order valence-electron chi connectivity index (χ3n) is 3.80. The normalized spacial score (nSPS) is 12.7. The fourth-order valence-electron chi connectivity index (χ4n) is 2.77. The van der Waals surface area contributed by atoms with Crippen LogP contribution in [0.15, 0.2) is 53.9 Å². The van der Waals surface area contributed by atoms with Gasteiger partial charge >= 0.3 is 0 Å². The van der Waals surface area contributed by atoms with Crippen molar-refractivity contribution in [2.75, 3.05) is 13.6 Å². The molecule has 0 radical (unpaired) electrons. The number of benzene rings is 2. The van der Waals surface area contributed by atoms with E-state index in [0.29, 0.717) is 5.92 Å². The van der Waals surface area contributed by atoms with Crippen LogP contribution in [-0.4, -0.2) is 13.6 Å². The Morgan fingerprint density at radius 1 is 1.14 bits per heavy atom. The van der Waals surface area contributed by atoms with E-state index in [4.69, 9.17) is 11.6 Å². The third kappa shape index (κ3) is 3.29. The zero-order valence-electron chi connectivity index (χ0n) is 12.0. The summed E-state index contributed by atoms with van der Waals surface area (Å²) in [4.78, 5) is 0. The van der Waals surface area contributed by atoms with Crippen LogP contribution in [-0.2, 0) is 6.42 Å². The number of hydrogen-bond acceptors (Lipinski definition) is 2. The van der Waals surface area contributed by atoms with Crippen molar-refractivity contribution < 1.29 is 0 Å². The van der Waals surface area contributed by atoms with Crippen LogP contribution < -0.4 is 5.32 Å². The molecule has 1 atom stereocenters. The smallest absolute Gasteiger partial charge is 0.0408 e. The van der Waals surface area contributed by atoms with E-state index >= 15 is 0 Å². The Morgan fingerprint density at radius 2 is 2.00 bits per heavy atom. The molecule has 0 amide bonds. The van der Waals surface area contributed by atoms with Gasteiger partial charge in [-0.15, -0.1) is 11.3 Å². The van der Waals surface area contributed by atoms with Gasteiger partial charge in [0, 0.05) is 22.2 Å². The van der Waals surface area contributed by atoms with Crippen LogP contribution in [0.5, 0.6) is 0 Å². The largest absolute Gasteiger partial charge is 0.319 e. The SMILES string of the molecule is CNCC(Cc1csc2ccccc12)c1cccc(Cl)c1. The van der Waals surface area contributed by atoms with Crippen molar-refractivity contribution in [3.8, 4) is 0 Å². The van der Waals surface area contributed by atoms with Gasteiger partial charge in [-0.05, 0) is 53.6 Å². The van der Waals surface area contributed by atoms with Crippen LogP contribution in [0.1, 0.15) is 17.0 Å². The lowest BCUT2D eigenvalue weighted by molar-refractivity contribution is 0.628. The second-order valence-electron chi connectivity index (χ2n) is 5.27. The Labute approximate surface area is 134 Å². The summed E-state index contributed by atoms with van der Waals surface area (Å²) in [6, 6.07) is 16.8. The van der Waals surface area contributed by atoms with Gasteiger partial charge in [0.15, 0.2) is 0 Å². The molecule has 108 valence electrons. The Hall–Kier alpha value is -1.35. The van der Waals surface area contributed by atoms with Crippen molar-refractivity contribution in [2.45, 2.75) is 12.3 Å². The molecule has 0 fully saturated rings. The second-order valence-corrected chi connectivity index (χ2v) is 6.62. The molecule has 3 aromatic rings. The standard InChI is InChI=1S/C18H18ClNS/c1-20-11-14(13-5-4-6-16(19)10-13)9-15-12-21-18-8-3-2-7-17(15)18/h2-8,10,12,14,20H,9,11H2,1H3.